The number of aromatic nitrogens is 1. The van der Waals surface area contributed by atoms with Crippen LogP contribution in [0.25, 0.3) is 0 Å². The first-order valence-electron chi connectivity index (χ1n) is 8.30. The fraction of sp³-hybridized carbons (Fsp3) is 0.500. The van der Waals surface area contributed by atoms with E-state index in [0.717, 1.165) is 11.3 Å². The van der Waals surface area contributed by atoms with Crippen LogP contribution >= 0.6 is 11.3 Å². The molecule has 30 heavy (non-hydrogen) atoms. The van der Waals surface area contributed by atoms with Gasteiger partial charge in [-0.05, 0) is 13.8 Å². The topological polar surface area (TPSA) is 211 Å². The molecule has 1 aliphatic heterocycles. The van der Waals surface area contributed by atoms with Crippen molar-refractivity contribution in [3.8, 4) is 0 Å². The van der Waals surface area contributed by atoms with Gasteiger partial charge in [-0.25, -0.2) is 9.78 Å². The van der Waals surface area contributed by atoms with E-state index in [4.69, 9.17) is 15.1 Å². The molecule has 1 saturated carbocycles. The second-order valence-corrected chi connectivity index (χ2v) is 8.99. The van der Waals surface area contributed by atoms with E-state index in [1.165, 1.54) is 19.2 Å². The van der Waals surface area contributed by atoms with E-state index >= 15 is 0 Å². The molecule has 0 bridgehead atoms. The summed E-state index contributed by atoms with van der Waals surface area (Å²) in [5.74, 6) is -3.13. The lowest BCUT2D eigenvalue weighted by Gasteiger charge is -2.50. The zero-order chi connectivity index (χ0) is 22.5. The summed E-state index contributed by atoms with van der Waals surface area (Å²) in [5.41, 5.74) is 2.26. The van der Waals surface area contributed by atoms with Gasteiger partial charge >= 0.3 is 16.4 Å². The Balaban J connectivity index is 1.81. The Kier molecular flexibility index (Phi) is 5.21. The highest BCUT2D eigenvalue weighted by Crippen LogP contribution is 2.40. The number of nitrogens with zero attached hydrogens (tertiary/aromatic N) is 3. The number of nitrogen functional groups attached to an aromatic ring is 1. The number of amides is 2. The fourth-order valence-corrected chi connectivity index (χ4v) is 3.61. The first kappa shape index (κ1) is 21.9. The van der Waals surface area contributed by atoms with Gasteiger partial charge in [0.2, 0.25) is 5.60 Å². The first-order chi connectivity index (χ1) is 13.8. The number of hydrogen-bond acceptors (Lipinski definition) is 11. The number of rotatable bonds is 8. The molecular weight excluding hydrogens is 446 g/mol. The minimum atomic E-state index is -4.95. The number of carbonyl (C=O) groups is 3. The van der Waals surface area contributed by atoms with E-state index in [9.17, 15) is 27.9 Å². The van der Waals surface area contributed by atoms with Crippen molar-refractivity contribution in [1.82, 2.24) is 15.4 Å². The predicted octanol–water partition coefficient (Wildman–Crippen LogP) is -1.10. The Bertz CT molecular complexity index is 1040. The van der Waals surface area contributed by atoms with Gasteiger partial charge in [-0.15, -0.1) is 15.6 Å². The maximum absolute atomic E-state index is 12.8. The molecule has 1 saturated heterocycles. The second-order valence-electron chi connectivity index (χ2n) is 7.10. The van der Waals surface area contributed by atoms with E-state index in [2.05, 4.69) is 19.7 Å². The highest BCUT2D eigenvalue weighted by Gasteiger charge is 2.58. The molecular formula is C14H17N5O9S2. The quantitative estimate of drug-likeness (QED) is 0.157. The zero-order valence-corrected chi connectivity index (χ0v) is 17.2. The summed E-state index contributed by atoms with van der Waals surface area (Å²) in [6, 6.07) is -1.25. The maximum Gasteiger partial charge on any atom is 0.418 e. The Morgan fingerprint density at radius 3 is 2.50 bits per heavy atom. The number of β-lactam (4-membered cyclic amide) rings is 1. The van der Waals surface area contributed by atoms with Crippen LogP contribution in [0.1, 0.15) is 32.4 Å². The first-order valence-corrected chi connectivity index (χ1v) is 10.5. The van der Waals surface area contributed by atoms with Crippen LogP contribution < -0.4 is 11.1 Å². The van der Waals surface area contributed by atoms with Crippen LogP contribution in [-0.4, -0.2) is 68.8 Å². The lowest BCUT2D eigenvalue weighted by atomic mass is 9.84. The number of aliphatic carboxylic acids is 1. The number of nitrogens with one attached hydrogen (secondary N) is 1. The van der Waals surface area contributed by atoms with Crippen molar-refractivity contribution in [1.29, 1.82) is 0 Å². The molecule has 1 aromatic rings. The summed E-state index contributed by atoms with van der Waals surface area (Å²) in [6.07, 6.45) is 0.409. The van der Waals surface area contributed by atoms with Gasteiger partial charge in [0.15, 0.2) is 10.8 Å². The molecule has 3 rings (SSSR count). The van der Waals surface area contributed by atoms with Crippen LogP contribution in [0.5, 0.6) is 0 Å². The van der Waals surface area contributed by atoms with Crippen molar-refractivity contribution in [2.24, 2.45) is 5.16 Å². The molecule has 5 N–H and O–H groups in total. The number of carboxylic acids is 1. The number of thiazole rings is 1. The Morgan fingerprint density at radius 1 is 1.43 bits per heavy atom. The monoisotopic (exact) mass is 463 g/mol. The molecule has 16 heteroatoms. The van der Waals surface area contributed by atoms with Crippen molar-refractivity contribution in [2.75, 3.05) is 5.73 Å². The Labute approximate surface area is 173 Å². The van der Waals surface area contributed by atoms with Gasteiger partial charge < -0.3 is 21.0 Å². The van der Waals surface area contributed by atoms with Gasteiger partial charge in [-0.1, -0.05) is 5.16 Å². The van der Waals surface area contributed by atoms with Gasteiger partial charge in [-0.2, -0.15) is 13.5 Å². The minimum absolute atomic E-state index is 0.00758. The second kappa shape index (κ2) is 7.15. The third kappa shape index (κ3) is 4.07. The summed E-state index contributed by atoms with van der Waals surface area (Å²) in [5, 5.41) is 17.1. The van der Waals surface area contributed by atoms with Crippen LogP contribution in [0.15, 0.2) is 10.5 Å². The molecule has 1 aromatic heterocycles. The summed E-state index contributed by atoms with van der Waals surface area (Å²) >= 11 is 0.995. The average Bonchev–Trinajstić information content (AvgIpc) is 3.31. The summed E-state index contributed by atoms with van der Waals surface area (Å²) in [4.78, 5) is 45.2. The zero-order valence-electron chi connectivity index (χ0n) is 15.6. The summed E-state index contributed by atoms with van der Waals surface area (Å²) in [7, 11) is -4.95. The number of anilines is 1. The maximum atomic E-state index is 12.8. The smallest absolute Gasteiger partial charge is 0.418 e. The molecule has 0 radical (unpaired) electrons. The van der Waals surface area contributed by atoms with E-state index in [1.54, 1.807) is 0 Å². The van der Waals surface area contributed by atoms with Crippen LogP contribution in [0, 0.1) is 0 Å². The average molecular weight is 463 g/mol. The molecule has 2 fully saturated rings. The van der Waals surface area contributed by atoms with E-state index in [1.807, 2.05) is 0 Å². The standard InChI is InChI=1S/C14H17N5O9S2/c1-13(2)8(10(21)19(13)28-30(24,25)26)17-9(20)7(6-5-29-12(15)16-6)18-27-14(3-4-14)11(22)23/h5,8H,3-4H2,1-2H3,(H2,15,16)(H,17,20)(H,22,23)(H,24,25,26)/b18-7-/t8-/m1/s1. The van der Waals surface area contributed by atoms with Crippen molar-refractivity contribution >= 4 is 50.4 Å². The van der Waals surface area contributed by atoms with Crippen LogP contribution in [0.2, 0.25) is 0 Å². The molecule has 164 valence electrons. The van der Waals surface area contributed by atoms with Gasteiger partial charge in [0.25, 0.3) is 11.8 Å². The van der Waals surface area contributed by atoms with Crippen LogP contribution in [0.3, 0.4) is 0 Å². The third-order valence-corrected chi connectivity index (χ3v) is 5.52. The van der Waals surface area contributed by atoms with Crippen molar-refractivity contribution < 1.29 is 41.6 Å². The number of hydrogen-bond donors (Lipinski definition) is 4. The Morgan fingerprint density at radius 2 is 2.07 bits per heavy atom. The highest BCUT2D eigenvalue weighted by atomic mass is 32.3. The number of hydroxylamine groups is 2. The number of oxime groups is 1. The molecule has 1 atom stereocenters. The molecule has 2 amide bonds. The lowest BCUT2D eigenvalue weighted by Crippen LogP contribution is -2.76. The van der Waals surface area contributed by atoms with E-state index in [-0.39, 0.29) is 23.7 Å². The van der Waals surface area contributed by atoms with Crippen molar-refractivity contribution in [2.45, 2.75) is 43.9 Å². The minimum Gasteiger partial charge on any atom is -0.478 e. The molecule has 0 unspecified atom stereocenters. The fourth-order valence-electron chi connectivity index (χ4n) is 2.61. The normalized spacial score (nSPS) is 22.2. The number of nitrogens with two attached hydrogens (primary N) is 1. The summed E-state index contributed by atoms with van der Waals surface area (Å²) < 4.78 is 34.7. The van der Waals surface area contributed by atoms with Crippen LogP contribution in [0.4, 0.5) is 5.13 Å². The molecule has 0 aromatic carbocycles. The number of carboxylic acid groups (broad SMARTS) is 1. The molecule has 14 nitrogen and oxygen atoms in total. The SMILES string of the molecule is CC1(C)[C@H](NC(=O)/C(=N\OC2(C(=O)O)CC2)c2csc(N)n2)C(=O)N1OS(=O)(=O)O. The van der Waals surface area contributed by atoms with E-state index < -0.39 is 51.1 Å². The molecule has 2 aliphatic rings. The lowest BCUT2D eigenvalue weighted by molar-refractivity contribution is -0.218. The van der Waals surface area contributed by atoms with Crippen LogP contribution in [-0.2, 0) is 33.9 Å². The van der Waals surface area contributed by atoms with Crippen molar-refractivity contribution in [3.05, 3.63) is 11.1 Å². The van der Waals surface area contributed by atoms with Gasteiger partial charge in [-0.3, -0.25) is 14.1 Å². The predicted molar refractivity (Wildman–Crippen MR) is 99.2 cm³/mol. The van der Waals surface area contributed by atoms with Gasteiger partial charge in [0.05, 0.1) is 5.54 Å². The van der Waals surface area contributed by atoms with Crippen molar-refractivity contribution in [3.63, 3.8) is 0 Å². The molecule has 1 aliphatic carbocycles. The Hall–Kier alpha value is -2.82. The molecule has 2 heterocycles. The van der Waals surface area contributed by atoms with E-state index in [0.29, 0.717) is 5.06 Å². The molecule has 0 spiro atoms. The van der Waals surface area contributed by atoms with Gasteiger partial charge in [0.1, 0.15) is 11.7 Å². The third-order valence-electron chi connectivity index (χ3n) is 4.51. The van der Waals surface area contributed by atoms with Gasteiger partial charge in [0, 0.05) is 18.2 Å². The number of carbonyl (C=O) groups excluding carboxylic acids is 2. The largest absolute Gasteiger partial charge is 0.478 e. The summed E-state index contributed by atoms with van der Waals surface area (Å²) in [6.45, 7) is 2.75. The highest BCUT2D eigenvalue weighted by molar-refractivity contribution is 7.80.